The summed E-state index contributed by atoms with van der Waals surface area (Å²) in [6.45, 7) is 6.20. The molecule has 0 N–H and O–H groups in total. The van der Waals surface area contributed by atoms with Gasteiger partial charge in [0.1, 0.15) is 0 Å². The molecule has 1 atom stereocenters. The molecule has 0 aliphatic rings. The fourth-order valence-corrected chi connectivity index (χ4v) is 1.71. The van der Waals surface area contributed by atoms with Gasteiger partial charge >= 0.3 is 0 Å². The molecule has 0 saturated heterocycles. The zero-order valence-electron chi connectivity index (χ0n) is 10.7. The summed E-state index contributed by atoms with van der Waals surface area (Å²) in [5.74, 6) is -0.0111. The molecule has 1 rings (SSSR count). The summed E-state index contributed by atoms with van der Waals surface area (Å²) in [7, 11) is 0. The van der Waals surface area contributed by atoms with Gasteiger partial charge in [0.2, 0.25) is 0 Å². The van der Waals surface area contributed by atoms with Crippen molar-refractivity contribution >= 4 is 5.69 Å². The number of hydrogen-bond donors (Lipinski definition) is 0. The average molecular weight is 247 g/mol. The summed E-state index contributed by atoms with van der Waals surface area (Å²) in [5.41, 5.74) is 1.12. The van der Waals surface area contributed by atoms with Crippen LogP contribution >= 0.6 is 0 Å². The summed E-state index contributed by atoms with van der Waals surface area (Å²) in [4.78, 5) is 12.3. The summed E-state index contributed by atoms with van der Waals surface area (Å²) in [6, 6.07) is 8.75. The number of hydrogen-bond acceptors (Lipinski definition) is 4. The molecule has 0 saturated carbocycles. The first-order chi connectivity index (χ1) is 8.56. The van der Waals surface area contributed by atoms with E-state index < -0.39 is 4.92 Å². The Hall–Kier alpha value is -1.93. The van der Waals surface area contributed by atoms with Crippen LogP contribution in [0.25, 0.3) is 0 Å². The average Bonchev–Trinajstić information content (AvgIpc) is 2.38. The van der Waals surface area contributed by atoms with E-state index in [0.29, 0.717) is 13.1 Å². The normalized spacial score (nSPS) is 12.1. The van der Waals surface area contributed by atoms with E-state index in [9.17, 15) is 10.1 Å². The van der Waals surface area contributed by atoms with Crippen LogP contribution in [0.1, 0.15) is 19.4 Å². The molecule has 0 aliphatic carbocycles. The topological polar surface area (TPSA) is 70.2 Å². The van der Waals surface area contributed by atoms with Gasteiger partial charge in [-0.25, -0.2) is 0 Å². The number of nitro benzene ring substituents is 1. The molecule has 1 aromatic rings. The Bertz CT molecular complexity index is 437. The van der Waals surface area contributed by atoms with E-state index in [4.69, 9.17) is 5.26 Å². The smallest absolute Gasteiger partial charge is 0.269 e. The maximum Gasteiger partial charge on any atom is 0.269 e. The predicted molar refractivity (Wildman–Crippen MR) is 68.8 cm³/mol. The van der Waals surface area contributed by atoms with Crippen molar-refractivity contribution in [1.82, 2.24) is 4.90 Å². The fourth-order valence-electron chi connectivity index (χ4n) is 1.71. The van der Waals surface area contributed by atoms with Crippen molar-refractivity contribution in [3.63, 3.8) is 0 Å². The maximum atomic E-state index is 10.5. The van der Waals surface area contributed by atoms with Crippen LogP contribution in [0.2, 0.25) is 0 Å². The summed E-state index contributed by atoms with van der Waals surface area (Å²) < 4.78 is 0. The first-order valence-electron chi connectivity index (χ1n) is 5.92. The van der Waals surface area contributed by atoms with Crippen molar-refractivity contribution < 1.29 is 4.92 Å². The highest BCUT2D eigenvalue weighted by molar-refractivity contribution is 5.32. The molecule has 0 aliphatic heterocycles. The number of non-ortho nitro benzene ring substituents is 1. The molecule has 0 heterocycles. The first-order valence-corrected chi connectivity index (χ1v) is 5.92. The third kappa shape index (κ3) is 4.15. The van der Waals surface area contributed by atoms with Gasteiger partial charge in [-0.05, 0) is 19.0 Å². The molecule has 96 valence electrons. The number of nitro groups is 1. The van der Waals surface area contributed by atoms with Gasteiger partial charge in [0.15, 0.2) is 0 Å². The van der Waals surface area contributed by atoms with Crippen LogP contribution in [0.4, 0.5) is 5.69 Å². The molecule has 0 spiro atoms. The largest absolute Gasteiger partial charge is 0.298 e. The van der Waals surface area contributed by atoms with Crippen LogP contribution in [0.3, 0.4) is 0 Å². The molecule has 0 radical (unpaired) electrons. The lowest BCUT2D eigenvalue weighted by atomic mass is 10.1. The fraction of sp³-hybridized carbons (Fsp3) is 0.462. The van der Waals surface area contributed by atoms with Gasteiger partial charge in [0, 0.05) is 25.2 Å². The molecule has 1 aromatic carbocycles. The summed E-state index contributed by atoms with van der Waals surface area (Å²) >= 11 is 0. The van der Waals surface area contributed by atoms with E-state index in [2.05, 4.69) is 11.0 Å². The highest BCUT2D eigenvalue weighted by Crippen LogP contribution is 2.14. The van der Waals surface area contributed by atoms with Gasteiger partial charge in [-0.15, -0.1) is 0 Å². The van der Waals surface area contributed by atoms with E-state index in [-0.39, 0.29) is 11.6 Å². The number of nitriles is 1. The van der Waals surface area contributed by atoms with Crippen molar-refractivity contribution in [3.8, 4) is 6.07 Å². The zero-order chi connectivity index (χ0) is 13.5. The van der Waals surface area contributed by atoms with Gasteiger partial charge in [-0.1, -0.05) is 19.1 Å². The second kappa shape index (κ2) is 6.72. The lowest BCUT2D eigenvalue weighted by Crippen LogP contribution is -2.27. The van der Waals surface area contributed by atoms with E-state index in [1.165, 1.54) is 12.1 Å². The molecule has 0 amide bonds. The Balaban J connectivity index is 2.65. The Morgan fingerprint density at radius 3 is 2.50 bits per heavy atom. The first kappa shape index (κ1) is 14.1. The van der Waals surface area contributed by atoms with Crippen molar-refractivity contribution in [1.29, 1.82) is 5.26 Å². The van der Waals surface area contributed by atoms with Gasteiger partial charge in [0.05, 0.1) is 16.9 Å². The third-order valence-electron chi connectivity index (χ3n) is 2.75. The second-order valence-corrected chi connectivity index (χ2v) is 4.28. The van der Waals surface area contributed by atoms with Crippen molar-refractivity contribution in [2.75, 3.05) is 13.1 Å². The van der Waals surface area contributed by atoms with Gasteiger partial charge < -0.3 is 0 Å². The minimum Gasteiger partial charge on any atom is -0.298 e. The number of benzene rings is 1. The van der Waals surface area contributed by atoms with Crippen LogP contribution in [-0.2, 0) is 6.54 Å². The van der Waals surface area contributed by atoms with Crippen molar-refractivity contribution in [3.05, 3.63) is 39.9 Å². The molecule has 5 heteroatoms. The standard InChI is InChI=1S/C13H17N3O2/c1-3-15(9-11(2)8-14)10-12-4-6-13(7-5-12)16(17)18/h4-7,11H,3,9-10H2,1-2H3. The molecule has 1 unspecified atom stereocenters. The predicted octanol–water partition coefficient (Wildman–Crippen LogP) is 2.58. The SMILES string of the molecule is CCN(Cc1ccc([N+](=O)[O-])cc1)CC(C)C#N. The monoisotopic (exact) mass is 247 g/mol. The Labute approximate surface area is 107 Å². The Morgan fingerprint density at radius 1 is 1.44 bits per heavy atom. The number of rotatable bonds is 6. The van der Waals surface area contributed by atoms with Gasteiger partial charge in [0.25, 0.3) is 5.69 Å². The third-order valence-corrected chi connectivity index (χ3v) is 2.75. The van der Waals surface area contributed by atoms with Crippen LogP contribution < -0.4 is 0 Å². The van der Waals surface area contributed by atoms with Crippen LogP contribution in [0, 0.1) is 27.4 Å². The van der Waals surface area contributed by atoms with E-state index in [1.54, 1.807) is 12.1 Å². The highest BCUT2D eigenvalue weighted by Gasteiger charge is 2.10. The van der Waals surface area contributed by atoms with E-state index in [0.717, 1.165) is 12.1 Å². The number of nitrogens with zero attached hydrogens (tertiary/aromatic N) is 3. The Morgan fingerprint density at radius 2 is 2.06 bits per heavy atom. The maximum absolute atomic E-state index is 10.5. The minimum atomic E-state index is -0.404. The molecule has 0 fully saturated rings. The van der Waals surface area contributed by atoms with Crippen LogP contribution in [-0.4, -0.2) is 22.9 Å². The summed E-state index contributed by atoms with van der Waals surface area (Å²) in [6.07, 6.45) is 0. The van der Waals surface area contributed by atoms with E-state index in [1.807, 2.05) is 13.8 Å². The van der Waals surface area contributed by atoms with Gasteiger partial charge in [-0.2, -0.15) is 5.26 Å². The van der Waals surface area contributed by atoms with Crippen molar-refractivity contribution in [2.45, 2.75) is 20.4 Å². The lowest BCUT2D eigenvalue weighted by molar-refractivity contribution is -0.384. The second-order valence-electron chi connectivity index (χ2n) is 4.28. The Kier molecular flexibility index (Phi) is 5.28. The van der Waals surface area contributed by atoms with Crippen molar-refractivity contribution in [2.24, 2.45) is 5.92 Å². The molecular formula is C13H17N3O2. The van der Waals surface area contributed by atoms with E-state index >= 15 is 0 Å². The summed E-state index contributed by atoms with van der Waals surface area (Å²) in [5, 5.41) is 19.3. The highest BCUT2D eigenvalue weighted by atomic mass is 16.6. The molecule has 0 aromatic heterocycles. The quantitative estimate of drug-likeness (QED) is 0.572. The molecule has 5 nitrogen and oxygen atoms in total. The molecular weight excluding hydrogens is 230 g/mol. The lowest BCUT2D eigenvalue weighted by Gasteiger charge is -2.21. The minimum absolute atomic E-state index is 0.0111. The van der Waals surface area contributed by atoms with Crippen LogP contribution in [0.15, 0.2) is 24.3 Å². The van der Waals surface area contributed by atoms with Crippen LogP contribution in [0.5, 0.6) is 0 Å². The van der Waals surface area contributed by atoms with Gasteiger partial charge in [-0.3, -0.25) is 15.0 Å². The molecule has 18 heavy (non-hydrogen) atoms. The molecule has 0 bridgehead atoms. The zero-order valence-corrected chi connectivity index (χ0v) is 10.7.